The van der Waals surface area contributed by atoms with Gasteiger partial charge in [0.1, 0.15) is 22.9 Å². The first kappa shape index (κ1) is 22.2. The number of methoxy groups -OCH3 is 1. The number of ether oxygens (including phenoxy) is 2. The van der Waals surface area contributed by atoms with Gasteiger partial charge in [0.2, 0.25) is 0 Å². The highest BCUT2D eigenvalue weighted by Crippen LogP contribution is 2.37. The molecule has 0 radical (unpaired) electrons. The maximum absolute atomic E-state index is 12.9. The minimum Gasteiger partial charge on any atom is -0.487 e. The molecule has 3 aromatic carbocycles. The van der Waals surface area contributed by atoms with Gasteiger partial charge in [-0.2, -0.15) is 0 Å². The second-order valence-electron chi connectivity index (χ2n) is 7.26. The third-order valence-electron chi connectivity index (χ3n) is 5.10. The zero-order chi connectivity index (χ0) is 22.5. The molecule has 0 aliphatic rings. The van der Waals surface area contributed by atoms with Crippen molar-refractivity contribution < 1.29 is 14.3 Å². The van der Waals surface area contributed by atoms with Gasteiger partial charge in [-0.15, -0.1) is 11.8 Å². The third-order valence-corrected chi connectivity index (χ3v) is 6.36. The molecule has 0 N–H and O–H groups in total. The summed E-state index contributed by atoms with van der Waals surface area (Å²) in [5.41, 5.74) is 4.38. The number of carbonyl (C=O) groups excluding carboxylic acids is 1. The van der Waals surface area contributed by atoms with Crippen molar-refractivity contribution in [1.29, 1.82) is 0 Å². The Kier molecular flexibility index (Phi) is 6.98. The van der Waals surface area contributed by atoms with Crippen molar-refractivity contribution in [2.45, 2.75) is 24.3 Å². The molecule has 0 fully saturated rings. The zero-order valence-corrected chi connectivity index (χ0v) is 19.4. The van der Waals surface area contributed by atoms with Crippen LogP contribution in [0, 0.1) is 6.92 Å². The number of carbonyl (C=O) groups is 1. The van der Waals surface area contributed by atoms with Crippen LogP contribution in [0.3, 0.4) is 0 Å². The number of hydrogen-bond acceptors (Lipinski definition) is 5. The maximum atomic E-state index is 12.9. The lowest BCUT2D eigenvalue weighted by Gasteiger charge is -2.17. The molecule has 0 atom stereocenters. The van der Waals surface area contributed by atoms with Crippen LogP contribution in [0.2, 0.25) is 5.02 Å². The van der Waals surface area contributed by atoms with Crippen molar-refractivity contribution in [1.82, 2.24) is 4.98 Å². The van der Waals surface area contributed by atoms with Crippen molar-refractivity contribution in [2.75, 3.05) is 7.11 Å². The molecular weight excluding hydrogens is 442 g/mol. The number of esters is 1. The van der Waals surface area contributed by atoms with E-state index in [4.69, 9.17) is 26.1 Å². The Bertz CT molecular complexity index is 1280. The number of aryl methyl sites for hydroxylation is 1. The fraction of sp³-hybridized carbons (Fsp3) is 0.154. The number of nitrogens with zero attached hydrogens (tertiary/aromatic N) is 1. The van der Waals surface area contributed by atoms with Crippen LogP contribution in [0.4, 0.5) is 0 Å². The minimum absolute atomic E-state index is 0.264. The van der Waals surface area contributed by atoms with E-state index in [0.717, 1.165) is 16.5 Å². The van der Waals surface area contributed by atoms with Gasteiger partial charge in [-0.1, -0.05) is 60.1 Å². The SMILES string of the molecule is COC(=O)c1c(SCc2ccccc2C)nc2ccccc2c1OCc1cccc(Cl)c1. The molecule has 0 amide bonds. The van der Waals surface area contributed by atoms with E-state index >= 15 is 0 Å². The Morgan fingerprint density at radius 3 is 2.59 bits per heavy atom. The number of rotatable bonds is 7. The molecule has 1 aromatic heterocycles. The number of aromatic nitrogens is 1. The first-order chi connectivity index (χ1) is 15.6. The highest BCUT2D eigenvalue weighted by atomic mass is 35.5. The normalized spacial score (nSPS) is 10.8. The van der Waals surface area contributed by atoms with Crippen molar-refractivity contribution in [3.63, 3.8) is 0 Å². The minimum atomic E-state index is -0.475. The predicted molar refractivity (Wildman–Crippen MR) is 130 cm³/mol. The molecule has 32 heavy (non-hydrogen) atoms. The number of para-hydroxylation sites is 1. The molecular formula is C26H22ClNO3S. The number of benzene rings is 3. The van der Waals surface area contributed by atoms with Gasteiger partial charge in [-0.3, -0.25) is 0 Å². The van der Waals surface area contributed by atoms with Crippen molar-refractivity contribution >= 4 is 40.2 Å². The molecule has 0 aliphatic heterocycles. The quantitative estimate of drug-likeness (QED) is 0.221. The standard InChI is InChI=1S/C26H22ClNO3S/c1-17-8-3-4-10-19(17)16-32-25-23(26(29)30-2)24(21-12-5-6-13-22(21)28-25)31-15-18-9-7-11-20(27)14-18/h3-14H,15-16H2,1-2H3. The Hall–Kier alpha value is -3.02. The molecule has 0 spiro atoms. The molecule has 4 nitrogen and oxygen atoms in total. The summed E-state index contributed by atoms with van der Waals surface area (Å²) in [5.74, 6) is 0.668. The van der Waals surface area contributed by atoms with E-state index in [0.29, 0.717) is 27.1 Å². The van der Waals surface area contributed by atoms with Crippen LogP contribution in [0.5, 0.6) is 5.75 Å². The molecule has 4 rings (SSSR count). The van der Waals surface area contributed by atoms with E-state index in [1.54, 1.807) is 0 Å². The fourth-order valence-corrected chi connectivity index (χ4v) is 4.71. The number of fused-ring (bicyclic) bond motifs is 1. The van der Waals surface area contributed by atoms with E-state index in [2.05, 4.69) is 19.1 Å². The lowest BCUT2D eigenvalue weighted by atomic mass is 10.1. The largest absolute Gasteiger partial charge is 0.487 e. The summed E-state index contributed by atoms with van der Waals surface area (Å²) in [6, 6.07) is 23.3. The highest BCUT2D eigenvalue weighted by molar-refractivity contribution is 7.98. The van der Waals surface area contributed by atoms with Gasteiger partial charge < -0.3 is 9.47 Å². The lowest BCUT2D eigenvalue weighted by Crippen LogP contribution is -2.10. The molecule has 0 saturated carbocycles. The first-order valence-corrected chi connectivity index (χ1v) is 11.5. The van der Waals surface area contributed by atoms with Gasteiger partial charge in [0, 0.05) is 16.2 Å². The number of pyridine rings is 1. The average Bonchev–Trinajstić information content (AvgIpc) is 2.81. The summed E-state index contributed by atoms with van der Waals surface area (Å²) < 4.78 is 11.3. The summed E-state index contributed by atoms with van der Waals surface area (Å²) >= 11 is 7.62. The molecule has 0 unspecified atom stereocenters. The van der Waals surface area contributed by atoms with E-state index < -0.39 is 5.97 Å². The summed E-state index contributed by atoms with van der Waals surface area (Å²) in [4.78, 5) is 17.6. The smallest absolute Gasteiger partial charge is 0.344 e. The summed E-state index contributed by atoms with van der Waals surface area (Å²) in [5, 5.41) is 1.98. The fourth-order valence-electron chi connectivity index (χ4n) is 3.40. The van der Waals surface area contributed by atoms with Crippen LogP contribution in [-0.2, 0) is 17.1 Å². The van der Waals surface area contributed by atoms with E-state index in [1.807, 2.05) is 60.7 Å². The molecule has 162 valence electrons. The third kappa shape index (κ3) is 4.90. The molecule has 0 saturated heterocycles. The molecule has 0 bridgehead atoms. The van der Waals surface area contributed by atoms with Crippen LogP contribution in [0.15, 0.2) is 77.8 Å². The van der Waals surface area contributed by atoms with Crippen molar-refractivity contribution in [3.8, 4) is 5.75 Å². The van der Waals surface area contributed by atoms with E-state index in [-0.39, 0.29) is 6.61 Å². The Morgan fingerprint density at radius 1 is 1.03 bits per heavy atom. The van der Waals surface area contributed by atoms with Gasteiger partial charge in [-0.05, 0) is 47.9 Å². The van der Waals surface area contributed by atoms with Gasteiger partial charge >= 0.3 is 5.97 Å². The topological polar surface area (TPSA) is 48.4 Å². The van der Waals surface area contributed by atoms with E-state index in [1.165, 1.54) is 30.0 Å². The molecule has 6 heteroatoms. The second-order valence-corrected chi connectivity index (χ2v) is 8.66. The Morgan fingerprint density at radius 2 is 1.81 bits per heavy atom. The number of halogens is 1. The predicted octanol–water partition coefficient (Wildman–Crippen LogP) is 6.85. The van der Waals surface area contributed by atoms with Gasteiger partial charge in [0.15, 0.2) is 0 Å². The maximum Gasteiger partial charge on any atom is 0.344 e. The van der Waals surface area contributed by atoms with Gasteiger partial charge in [-0.25, -0.2) is 9.78 Å². The zero-order valence-electron chi connectivity index (χ0n) is 17.8. The average molecular weight is 464 g/mol. The van der Waals surface area contributed by atoms with Crippen LogP contribution >= 0.6 is 23.4 Å². The second kappa shape index (κ2) is 10.1. The van der Waals surface area contributed by atoms with Crippen molar-refractivity contribution in [2.24, 2.45) is 0 Å². The summed E-state index contributed by atoms with van der Waals surface area (Å²) in [6.07, 6.45) is 0. The first-order valence-electron chi connectivity index (χ1n) is 10.1. The highest BCUT2D eigenvalue weighted by Gasteiger charge is 2.24. The molecule has 1 heterocycles. The monoisotopic (exact) mass is 463 g/mol. The van der Waals surface area contributed by atoms with E-state index in [9.17, 15) is 4.79 Å². The molecule has 0 aliphatic carbocycles. The Balaban J connectivity index is 1.77. The van der Waals surface area contributed by atoms with Gasteiger partial charge in [0.05, 0.1) is 12.6 Å². The summed E-state index contributed by atoms with van der Waals surface area (Å²) in [6.45, 7) is 2.34. The number of thioether (sulfide) groups is 1. The molecule has 4 aromatic rings. The van der Waals surface area contributed by atoms with Crippen LogP contribution in [0.1, 0.15) is 27.0 Å². The number of hydrogen-bond donors (Lipinski definition) is 0. The van der Waals surface area contributed by atoms with Crippen LogP contribution < -0.4 is 4.74 Å². The van der Waals surface area contributed by atoms with Crippen LogP contribution in [0.25, 0.3) is 10.9 Å². The lowest BCUT2D eigenvalue weighted by molar-refractivity contribution is 0.0590. The summed E-state index contributed by atoms with van der Waals surface area (Å²) in [7, 11) is 1.37. The van der Waals surface area contributed by atoms with Gasteiger partial charge in [0.25, 0.3) is 0 Å². The van der Waals surface area contributed by atoms with Crippen LogP contribution in [-0.4, -0.2) is 18.1 Å². The Labute approximate surface area is 196 Å². The van der Waals surface area contributed by atoms with Crippen molar-refractivity contribution in [3.05, 3.63) is 100 Å².